The molecule has 0 heterocycles. The van der Waals surface area contributed by atoms with Gasteiger partial charge in [-0.2, -0.15) is 0 Å². The highest BCUT2D eigenvalue weighted by Crippen LogP contribution is 2.19. The summed E-state index contributed by atoms with van der Waals surface area (Å²) < 4.78 is 0. The zero-order chi connectivity index (χ0) is 22.1. The maximum atomic E-state index is 13.3. The Labute approximate surface area is 191 Å². The van der Waals surface area contributed by atoms with Gasteiger partial charge in [0.15, 0.2) is 0 Å². The van der Waals surface area contributed by atoms with E-state index < -0.39 is 6.04 Å². The summed E-state index contributed by atoms with van der Waals surface area (Å²) in [6, 6.07) is 17.2. The van der Waals surface area contributed by atoms with Gasteiger partial charge in [0.25, 0.3) is 0 Å². The Morgan fingerprint density at radius 1 is 1.00 bits per heavy atom. The van der Waals surface area contributed by atoms with Gasteiger partial charge in [-0.05, 0) is 48.9 Å². The van der Waals surface area contributed by atoms with Crippen molar-refractivity contribution in [1.29, 1.82) is 0 Å². The highest BCUT2D eigenvalue weighted by atomic mass is 35.5. The summed E-state index contributed by atoms with van der Waals surface area (Å²) in [5.41, 5.74) is 2.07. The van der Waals surface area contributed by atoms with E-state index >= 15 is 0 Å². The molecule has 2 aromatic carbocycles. The van der Waals surface area contributed by atoms with Crippen molar-refractivity contribution in [2.45, 2.75) is 70.4 Å². The summed E-state index contributed by atoms with van der Waals surface area (Å²) in [6.07, 6.45) is 7.21. The van der Waals surface area contributed by atoms with Crippen LogP contribution in [0.1, 0.15) is 56.6 Å². The van der Waals surface area contributed by atoms with E-state index in [1.165, 1.54) is 6.42 Å². The second-order valence-electron chi connectivity index (χ2n) is 8.39. The number of halogens is 1. The predicted molar refractivity (Wildman–Crippen MR) is 126 cm³/mol. The molecular formula is C26H33ClN2O2. The fourth-order valence-electron chi connectivity index (χ4n) is 4.32. The van der Waals surface area contributed by atoms with E-state index in [1.807, 2.05) is 37.3 Å². The van der Waals surface area contributed by atoms with Gasteiger partial charge in [-0.25, -0.2) is 0 Å². The zero-order valence-electron chi connectivity index (χ0n) is 18.4. The van der Waals surface area contributed by atoms with Crippen LogP contribution in [0.5, 0.6) is 0 Å². The van der Waals surface area contributed by atoms with E-state index in [2.05, 4.69) is 17.4 Å². The molecule has 0 bridgehead atoms. The van der Waals surface area contributed by atoms with Crippen LogP contribution in [0.15, 0.2) is 54.6 Å². The molecule has 0 spiro atoms. The highest BCUT2D eigenvalue weighted by molar-refractivity contribution is 6.30. The normalized spacial score (nSPS) is 15.3. The Bertz CT molecular complexity index is 832. The first-order chi connectivity index (χ1) is 15.1. The van der Waals surface area contributed by atoms with Crippen LogP contribution in [0.2, 0.25) is 5.02 Å². The monoisotopic (exact) mass is 440 g/mol. The minimum atomic E-state index is -0.453. The van der Waals surface area contributed by atoms with Crippen LogP contribution >= 0.6 is 11.6 Å². The topological polar surface area (TPSA) is 49.4 Å². The molecule has 3 rings (SSSR count). The lowest BCUT2D eigenvalue weighted by Gasteiger charge is -2.33. The maximum Gasteiger partial charge on any atom is 0.243 e. The van der Waals surface area contributed by atoms with Gasteiger partial charge in [-0.1, -0.05) is 80.3 Å². The molecule has 4 nitrogen and oxygen atoms in total. The first-order valence-electron chi connectivity index (χ1n) is 11.4. The Hall–Kier alpha value is -2.33. The van der Waals surface area contributed by atoms with Gasteiger partial charge in [0.2, 0.25) is 11.8 Å². The lowest BCUT2D eigenvalue weighted by Crippen LogP contribution is -2.52. The molecule has 1 saturated carbocycles. The quantitative estimate of drug-likeness (QED) is 0.583. The first kappa shape index (κ1) is 23.3. The number of amides is 2. The molecule has 2 aromatic rings. The van der Waals surface area contributed by atoms with Crippen molar-refractivity contribution in [3.05, 3.63) is 70.7 Å². The molecule has 2 amide bonds. The van der Waals surface area contributed by atoms with Gasteiger partial charge in [-0.3, -0.25) is 9.59 Å². The molecule has 1 N–H and O–H groups in total. The van der Waals surface area contributed by atoms with Crippen molar-refractivity contribution < 1.29 is 9.59 Å². The second kappa shape index (κ2) is 11.9. The number of benzene rings is 2. The summed E-state index contributed by atoms with van der Waals surface area (Å²) in [5, 5.41) is 3.87. The van der Waals surface area contributed by atoms with Crippen LogP contribution < -0.4 is 5.32 Å². The van der Waals surface area contributed by atoms with Crippen LogP contribution in [-0.2, 0) is 22.4 Å². The van der Waals surface area contributed by atoms with Crippen LogP contribution in [0.4, 0.5) is 0 Å². The van der Waals surface area contributed by atoms with E-state index in [-0.39, 0.29) is 24.3 Å². The van der Waals surface area contributed by atoms with Gasteiger partial charge < -0.3 is 10.2 Å². The second-order valence-corrected chi connectivity index (χ2v) is 8.83. The number of nitrogens with zero attached hydrogens (tertiary/aromatic N) is 1. The number of carbonyl (C=O) groups is 2. The Morgan fingerprint density at radius 2 is 1.68 bits per heavy atom. The molecule has 31 heavy (non-hydrogen) atoms. The van der Waals surface area contributed by atoms with E-state index in [0.717, 1.165) is 43.2 Å². The smallest absolute Gasteiger partial charge is 0.243 e. The van der Waals surface area contributed by atoms with E-state index in [1.54, 1.807) is 17.0 Å². The minimum Gasteiger partial charge on any atom is -0.352 e. The first-order valence-corrected chi connectivity index (χ1v) is 11.8. The van der Waals surface area contributed by atoms with Crippen LogP contribution in [0, 0.1) is 0 Å². The Balaban J connectivity index is 1.73. The summed E-state index contributed by atoms with van der Waals surface area (Å²) in [7, 11) is 0. The standard InChI is InChI=1S/C26H33ClN2O2/c1-2-24(26(31)28-23-11-7-4-8-12-23)29(18-17-20-9-5-3-6-10-20)25(30)19-21-13-15-22(27)16-14-21/h3,5-6,9-10,13-16,23-24H,2,4,7-8,11-12,17-19H2,1H3,(H,28,31)/t24-/m1/s1. The van der Waals surface area contributed by atoms with E-state index in [0.29, 0.717) is 18.0 Å². The molecule has 1 fully saturated rings. The van der Waals surface area contributed by atoms with Crippen LogP contribution in [0.3, 0.4) is 0 Å². The minimum absolute atomic E-state index is 0.0214. The average molecular weight is 441 g/mol. The lowest BCUT2D eigenvalue weighted by atomic mass is 9.95. The third kappa shape index (κ3) is 7.10. The van der Waals surface area contributed by atoms with Crippen molar-refractivity contribution in [2.24, 2.45) is 0 Å². The molecule has 0 aliphatic heterocycles. The number of rotatable bonds is 9. The average Bonchev–Trinajstić information content (AvgIpc) is 2.79. The van der Waals surface area contributed by atoms with Crippen LogP contribution in [-0.4, -0.2) is 35.3 Å². The van der Waals surface area contributed by atoms with Crippen molar-refractivity contribution >= 4 is 23.4 Å². The van der Waals surface area contributed by atoms with Gasteiger partial charge in [0.05, 0.1) is 6.42 Å². The van der Waals surface area contributed by atoms with Gasteiger partial charge >= 0.3 is 0 Å². The van der Waals surface area contributed by atoms with Crippen molar-refractivity contribution in [3.63, 3.8) is 0 Å². The third-order valence-electron chi connectivity index (χ3n) is 6.09. The molecule has 1 atom stereocenters. The van der Waals surface area contributed by atoms with Gasteiger partial charge in [0, 0.05) is 17.6 Å². The number of hydrogen-bond donors (Lipinski definition) is 1. The maximum absolute atomic E-state index is 13.3. The van der Waals surface area contributed by atoms with Crippen molar-refractivity contribution in [2.75, 3.05) is 6.54 Å². The van der Waals surface area contributed by atoms with E-state index in [4.69, 9.17) is 11.6 Å². The van der Waals surface area contributed by atoms with Gasteiger partial charge in [-0.15, -0.1) is 0 Å². The number of carbonyl (C=O) groups excluding carboxylic acids is 2. The predicted octanol–water partition coefficient (Wildman–Crippen LogP) is 5.18. The zero-order valence-corrected chi connectivity index (χ0v) is 19.1. The third-order valence-corrected chi connectivity index (χ3v) is 6.34. The van der Waals surface area contributed by atoms with Gasteiger partial charge in [0.1, 0.15) is 6.04 Å². The molecule has 0 aromatic heterocycles. The Morgan fingerprint density at radius 3 is 2.32 bits per heavy atom. The van der Waals surface area contributed by atoms with Crippen molar-refractivity contribution in [3.8, 4) is 0 Å². The molecule has 1 aliphatic carbocycles. The lowest BCUT2D eigenvalue weighted by molar-refractivity contribution is -0.140. The molecular weight excluding hydrogens is 408 g/mol. The largest absolute Gasteiger partial charge is 0.352 e. The van der Waals surface area contributed by atoms with Crippen LogP contribution in [0.25, 0.3) is 0 Å². The fourth-order valence-corrected chi connectivity index (χ4v) is 4.44. The molecule has 0 radical (unpaired) electrons. The summed E-state index contributed by atoms with van der Waals surface area (Å²) in [4.78, 5) is 28.3. The summed E-state index contributed by atoms with van der Waals surface area (Å²) in [6.45, 7) is 2.50. The number of hydrogen-bond acceptors (Lipinski definition) is 2. The van der Waals surface area contributed by atoms with E-state index in [9.17, 15) is 9.59 Å². The summed E-state index contributed by atoms with van der Waals surface area (Å²) >= 11 is 5.99. The molecule has 0 unspecified atom stereocenters. The SMILES string of the molecule is CC[C@H](C(=O)NC1CCCCC1)N(CCc1ccccc1)C(=O)Cc1ccc(Cl)cc1. The molecule has 5 heteroatoms. The molecule has 1 aliphatic rings. The molecule has 0 saturated heterocycles. The fraction of sp³-hybridized carbons (Fsp3) is 0.462. The molecule has 166 valence electrons. The highest BCUT2D eigenvalue weighted by Gasteiger charge is 2.29. The summed E-state index contributed by atoms with van der Waals surface area (Å²) in [5.74, 6) is -0.0455. The number of nitrogens with one attached hydrogen (secondary N) is 1. The Kier molecular flexibility index (Phi) is 8.96. The van der Waals surface area contributed by atoms with Crippen molar-refractivity contribution in [1.82, 2.24) is 10.2 Å².